The van der Waals surface area contributed by atoms with Gasteiger partial charge in [-0.3, -0.25) is 4.79 Å². The number of amides is 1. The summed E-state index contributed by atoms with van der Waals surface area (Å²) >= 11 is 12.3. The first-order valence-electron chi connectivity index (χ1n) is 9.84. The third-order valence-electron chi connectivity index (χ3n) is 5.26. The van der Waals surface area contributed by atoms with Gasteiger partial charge in [-0.25, -0.2) is 9.37 Å². The van der Waals surface area contributed by atoms with E-state index in [2.05, 4.69) is 15.2 Å². The van der Waals surface area contributed by atoms with E-state index in [0.717, 1.165) is 6.20 Å². The Morgan fingerprint density at radius 1 is 1.34 bits per heavy atom. The lowest BCUT2D eigenvalue weighted by molar-refractivity contribution is 0.0414. The molecule has 1 atom stereocenters. The van der Waals surface area contributed by atoms with Crippen LogP contribution in [0, 0.1) is 5.82 Å². The molecule has 11 heteroatoms. The molecule has 3 heterocycles. The molecule has 0 saturated heterocycles. The number of methoxy groups -OCH3 is 1. The van der Waals surface area contributed by atoms with E-state index in [9.17, 15) is 9.18 Å². The van der Waals surface area contributed by atoms with Gasteiger partial charge < -0.3 is 18.9 Å². The third kappa shape index (κ3) is 4.15. The summed E-state index contributed by atoms with van der Waals surface area (Å²) in [5.74, 6) is 0.134. The highest BCUT2D eigenvalue weighted by molar-refractivity contribution is 6.43. The molecule has 0 saturated carbocycles. The number of hydrogen-bond acceptors (Lipinski definition) is 6. The van der Waals surface area contributed by atoms with Crippen molar-refractivity contribution in [3.63, 3.8) is 0 Å². The average molecular weight is 480 g/mol. The van der Waals surface area contributed by atoms with Crippen molar-refractivity contribution in [2.24, 2.45) is 0 Å². The summed E-state index contributed by atoms with van der Waals surface area (Å²) in [6.07, 6.45) is 1.79. The van der Waals surface area contributed by atoms with Crippen molar-refractivity contribution < 1.29 is 18.7 Å². The predicted octanol–water partition coefficient (Wildman–Crippen LogP) is 4.03. The van der Waals surface area contributed by atoms with E-state index < -0.39 is 11.9 Å². The summed E-state index contributed by atoms with van der Waals surface area (Å²) in [6.45, 7) is 1.25. The number of fused-ring (bicyclic) bond motifs is 1. The summed E-state index contributed by atoms with van der Waals surface area (Å²) in [4.78, 5) is 18.9. The first kappa shape index (κ1) is 22.4. The second kappa shape index (κ2) is 9.40. The molecule has 0 spiro atoms. The monoisotopic (exact) mass is 479 g/mol. The maximum absolute atomic E-state index is 13.8. The van der Waals surface area contributed by atoms with E-state index in [1.165, 1.54) is 18.1 Å². The first-order chi connectivity index (χ1) is 15.4. The summed E-state index contributed by atoms with van der Waals surface area (Å²) in [5.41, 5.74) is 0.689. The van der Waals surface area contributed by atoms with Gasteiger partial charge in [-0.1, -0.05) is 29.3 Å². The number of halogens is 3. The van der Waals surface area contributed by atoms with Crippen molar-refractivity contribution in [1.82, 2.24) is 24.6 Å². The SMILES string of the molecule is COc1cc(-c2nnc3n2CCCOC[C@H]3N(C)C(=O)c2cccc(Cl)c2Cl)ncc1F. The van der Waals surface area contributed by atoms with E-state index in [1.807, 2.05) is 4.57 Å². The van der Waals surface area contributed by atoms with Crippen LogP contribution in [0.5, 0.6) is 5.75 Å². The Balaban J connectivity index is 1.73. The fraction of sp³-hybridized carbons (Fsp3) is 0.333. The number of hydrogen-bond donors (Lipinski definition) is 0. The van der Waals surface area contributed by atoms with Crippen molar-refractivity contribution in [1.29, 1.82) is 0 Å². The Morgan fingerprint density at radius 2 is 2.16 bits per heavy atom. The predicted molar refractivity (Wildman–Crippen MR) is 116 cm³/mol. The van der Waals surface area contributed by atoms with Gasteiger partial charge in [0.2, 0.25) is 0 Å². The highest BCUT2D eigenvalue weighted by Crippen LogP contribution is 2.31. The molecule has 0 N–H and O–H groups in total. The molecule has 1 amide bonds. The second-order valence-electron chi connectivity index (χ2n) is 7.20. The van der Waals surface area contributed by atoms with E-state index in [0.29, 0.717) is 41.9 Å². The number of pyridine rings is 1. The molecule has 0 fully saturated rings. The second-order valence-corrected chi connectivity index (χ2v) is 7.98. The fourth-order valence-corrected chi connectivity index (χ4v) is 3.93. The summed E-state index contributed by atoms with van der Waals surface area (Å²) in [7, 11) is 3.03. The van der Waals surface area contributed by atoms with Crippen LogP contribution in [0.1, 0.15) is 28.6 Å². The van der Waals surface area contributed by atoms with Crippen LogP contribution in [0.4, 0.5) is 4.39 Å². The first-order valence-corrected chi connectivity index (χ1v) is 10.6. The molecule has 1 aromatic carbocycles. The fourth-order valence-electron chi connectivity index (χ4n) is 3.55. The number of ether oxygens (including phenoxy) is 2. The van der Waals surface area contributed by atoms with Crippen LogP contribution >= 0.6 is 23.2 Å². The maximum Gasteiger partial charge on any atom is 0.255 e. The highest BCUT2D eigenvalue weighted by atomic mass is 35.5. The summed E-state index contributed by atoms with van der Waals surface area (Å²) in [5, 5.41) is 9.10. The Bertz CT molecular complexity index is 1160. The van der Waals surface area contributed by atoms with Gasteiger partial charge in [0.1, 0.15) is 11.7 Å². The van der Waals surface area contributed by atoms with Crippen molar-refractivity contribution in [2.75, 3.05) is 27.4 Å². The molecule has 0 aliphatic carbocycles. The molecular formula is C21H20Cl2FN5O3. The Morgan fingerprint density at radius 3 is 2.94 bits per heavy atom. The van der Waals surface area contributed by atoms with Gasteiger partial charge in [-0.05, 0) is 18.6 Å². The molecule has 8 nitrogen and oxygen atoms in total. The van der Waals surface area contributed by atoms with Gasteiger partial charge in [-0.15, -0.1) is 10.2 Å². The van der Waals surface area contributed by atoms with Crippen LogP contribution in [-0.2, 0) is 11.3 Å². The zero-order valence-corrected chi connectivity index (χ0v) is 18.9. The van der Waals surface area contributed by atoms with Gasteiger partial charge in [0.25, 0.3) is 5.91 Å². The Kier molecular flexibility index (Phi) is 6.59. The Hall–Kier alpha value is -2.75. The molecule has 0 radical (unpaired) electrons. The molecule has 0 bridgehead atoms. The van der Waals surface area contributed by atoms with Gasteiger partial charge in [-0.2, -0.15) is 0 Å². The molecule has 0 unspecified atom stereocenters. The lowest BCUT2D eigenvalue weighted by Gasteiger charge is -2.30. The Labute approximate surface area is 193 Å². The van der Waals surface area contributed by atoms with Gasteiger partial charge >= 0.3 is 0 Å². The lowest BCUT2D eigenvalue weighted by Crippen LogP contribution is -2.37. The van der Waals surface area contributed by atoms with Crippen LogP contribution in [0.25, 0.3) is 11.5 Å². The molecule has 32 heavy (non-hydrogen) atoms. The minimum atomic E-state index is -0.571. The minimum absolute atomic E-state index is 0.0565. The van der Waals surface area contributed by atoms with E-state index in [-0.39, 0.29) is 28.8 Å². The zero-order valence-electron chi connectivity index (χ0n) is 17.4. The van der Waals surface area contributed by atoms with Crippen LogP contribution in [-0.4, -0.2) is 57.9 Å². The quantitative estimate of drug-likeness (QED) is 0.561. The molecule has 1 aliphatic heterocycles. The van der Waals surface area contributed by atoms with Crippen LogP contribution in [0.2, 0.25) is 10.0 Å². The maximum atomic E-state index is 13.8. The number of benzene rings is 1. The van der Waals surface area contributed by atoms with E-state index in [4.69, 9.17) is 32.7 Å². The smallest absolute Gasteiger partial charge is 0.255 e. The topological polar surface area (TPSA) is 82.4 Å². The van der Waals surface area contributed by atoms with Gasteiger partial charge in [0.15, 0.2) is 23.2 Å². The number of rotatable bonds is 4. The van der Waals surface area contributed by atoms with Crippen molar-refractivity contribution in [3.05, 3.63) is 57.7 Å². The number of likely N-dealkylation sites (N-methyl/N-ethyl adjacent to an activating group) is 1. The van der Waals surface area contributed by atoms with Crippen LogP contribution < -0.4 is 4.74 Å². The molecule has 1 aliphatic rings. The van der Waals surface area contributed by atoms with E-state index in [1.54, 1.807) is 25.2 Å². The highest BCUT2D eigenvalue weighted by Gasteiger charge is 2.31. The number of carbonyl (C=O) groups is 1. The van der Waals surface area contributed by atoms with Gasteiger partial charge in [0, 0.05) is 26.3 Å². The summed E-state index contributed by atoms with van der Waals surface area (Å²) in [6, 6.07) is 5.82. The molecule has 168 valence electrons. The van der Waals surface area contributed by atoms with Crippen molar-refractivity contribution in [3.8, 4) is 17.3 Å². The number of aromatic nitrogens is 4. The third-order valence-corrected chi connectivity index (χ3v) is 6.08. The van der Waals surface area contributed by atoms with Gasteiger partial charge in [0.05, 0.1) is 35.5 Å². The van der Waals surface area contributed by atoms with Crippen LogP contribution in [0.15, 0.2) is 30.5 Å². The van der Waals surface area contributed by atoms with Crippen LogP contribution in [0.3, 0.4) is 0 Å². The van der Waals surface area contributed by atoms with E-state index >= 15 is 0 Å². The van der Waals surface area contributed by atoms with Crippen molar-refractivity contribution in [2.45, 2.75) is 19.0 Å². The average Bonchev–Trinajstić information content (AvgIpc) is 3.18. The number of carbonyl (C=O) groups excluding carboxylic acids is 1. The normalized spacial score (nSPS) is 16.1. The summed E-state index contributed by atoms with van der Waals surface area (Å²) < 4.78 is 26.5. The zero-order chi connectivity index (χ0) is 22.8. The molecule has 4 rings (SSSR count). The standard InChI is InChI=1S/C21H20Cl2FN5O3/c1-28(21(30)12-5-3-6-13(22)18(12)23)16-11-32-8-4-7-29-19(26-27-20(16)29)15-9-17(31-2)14(24)10-25-15/h3,5-6,9-10,16H,4,7-8,11H2,1-2H3/t16-/m1/s1. The molecular weight excluding hydrogens is 460 g/mol. The largest absolute Gasteiger partial charge is 0.494 e. The minimum Gasteiger partial charge on any atom is -0.494 e. The molecule has 2 aromatic heterocycles. The van der Waals surface area contributed by atoms with Crippen molar-refractivity contribution >= 4 is 29.1 Å². The lowest BCUT2D eigenvalue weighted by atomic mass is 10.1. The molecule has 3 aromatic rings. The number of nitrogens with zero attached hydrogens (tertiary/aromatic N) is 5.